The summed E-state index contributed by atoms with van der Waals surface area (Å²) in [6.45, 7) is 0. The number of carbonyl (C=O) groups is 1. The van der Waals surface area contributed by atoms with Crippen molar-refractivity contribution in [1.29, 1.82) is 0 Å². The second kappa shape index (κ2) is 7.26. The first-order chi connectivity index (χ1) is 10.5. The first kappa shape index (κ1) is 16.3. The summed E-state index contributed by atoms with van der Waals surface area (Å²) in [5.41, 5.74) is 6.24. The van der Waals surface area contributed by atoms with Gasteiger partial charge in [0.25, 0.3) is 0 Å². The van der Waals surface area contributed by atoms with Crippen LogP contribution < -0.4 is 10.7 Å². The molecule has 0 aliphatic carbocycles. The smallest absolute Gasteiger partial charge is 0.339 e. The summed E-state index contributed by atoms with van der Waals surface area (Å²) in [5, 5.41) is 15.5. The van der Waals surface area contributed by atoms with E-state index in [0.29, 0.717) is 21.3 Å². The third-order valence-corrected chi connectivity index (χ3v) is 3.20. The Hall–Kier alpha value is -2.08. The van der Waals surface area contributed by atoms with Crippen molar-refractivity contribution in [3.8, 4) is 0 Å². The number of hydrazone groups is 1. The van der Waals surface area contributed by atoms with Gasteiger partial charge in [0.15, 0.2) is 0 Å². The van der Waals surface area contributed by atoms with Gasteiger partial charge in [-0.3, -0.25) is 0 Å². The Morgan fingerprint density at radius 2 is 1.77 bits per heavy atom. The number of hydrogen-bond acceptors (Lipinski definition) is 3. The number of benzene rings is 2. The van der Waals surface area contributed by atoms with E-state index in [1.54, 1.807) is 24.3 Å². The van der Waals surface area contributed by atoms with E-state index in [-0.39, 0.29) is 0 Å². The van der Waals surface area contributed by atoms with Crippen molar-refractivity contribution in [2.45, 2.75) is 6.10 Å². The van der Waals surface area contributed by atoms with Crippen LogP contribution in [0.1, 0.15) is 11.7 Å². The van der Waals surface area contributed by atoms with Crippen LogP contribution in [0.2, 0.25) is 10.0 Å². The summed E-state index contributed by atoms with van der Waals surface area (Å²) in [6.07, 6.45) is 0.229. The number of aliphatic hydroxyl groups excluding tert-OH is 1. The SMILES string of the molecule is NC(=O)N(/N=C/C(O)c1ccccc1)c1cc(Cl)cc(Cl)c1. The van der Waals surface area contributed by atoms with Gasteiger partial charge in [0.05, 0.1) is 11.9 Å². The van der Waals surface area contributed by atoms with Gasteiger partial charge < -0.3 is 10.8 Å². The molecule has 0 saturated heterocycles. The molecular formula is C15H13Cl2N3O2. The minimum atomic E-state index is -0.974. The molecule has 0 aliphatic heterocycles. The molecule has 0 aromatic heterocycles. The van der Waals surface area contributed by atoms with Crippen LogP contribution in [0.5, 0.6) is 0 Å². The molecule has 5 nitrogen and oxygen atoms in total. The molecule has 3 N–H and O–H groups in total. The van der Waals surface area contributed by atoms with Gasteiger partial charge >= 0.3 is 6.03 Å². The maximum atomic E-state index is 11.5. The molecule has 2 rings (SSSR count). The molecule has 114 valence electrons. The van der Waals surface area contributed by atoms with Gasteiger partial charge in [-0.05, 0) is 23.8 Å². The fraction of sp³-hybridized carbons (Fsp3) is 0.0667. The summed E-state index contributed by atoms with van der Waals surface area (Å²) in [6, 6.07) is 12.6. The fourth-order valence-electron chi connectivity index (χ4n) is 1.78. The van der Waals surface area contributed by atoms with Crippen molar-refractivity contribution < 1.29 is 9.90 Å². The standard InChI is InChI=1S/C15H13Cl2N3O2/c16-11-6-12(17)8-13(7-11)20(15(18)22)19-9-14(21)10-4-2-1-3-5-10/h1-9,14,21H,(H2,18,22)/b19-9+. The predicted octanol–water partition coefficient (Wildman–Crippen LogP) is 3.60. The number of rotatable bonds is 4. The van der Waals surface area contributed by atoms with Gasteiger partial charge in [-0.1, -0.05) is 53.5 Å². The van der Waals surface area contributed by atoms with E-state index in [9.17, 15) is 9.90 Å². The Bertz CT molecular complexity index is 672. The molecule has 0 fully saturated rings. The second-order valence-electron chi connectivity index (χ2n) is 4.40. The molecule has 2 aromatic rings. The van der Waals surface area contributed by atoms with Crippen LogP contribution in [0.15, 0.2) is 53.6 Å². The van der Waals surface area contributed by atoms with Crippen molar-refractivity contribution in [3.05, 3.63) is 64.1 Å². The number of urea groups is 1. The van der Waals surface area contributed by atoms with E-state index >= 15 is 0 Å². The number of nitrogens with two attached hydrogens (primary N) is 1. The molecule has 2 amide bonds. The lowest BCUT2D eigenvalue weighted by atomic mass is 10.1. The van der Waals surface area contributed by atoms with Crippen LogP contribution in [0.3, 0.4) is 0 Å². The van der Waals surface area contributed by atoms with Crippen molar-refractivity contribution in [1.82, 2.24) is 0 Å². The number of anilines is 1. The zero-order valence-electron chi connectivity index (χ0n) is 11.4. The number of halogens is 2. The minimum Gasteiger partial charge on any atom is -0.383 e. The fourth-order valence-corrected chi connectivity index (χ4v) is 2.29. The van der Waals surface area contributed by atoms with Crippen molar-refractivity contribution in [3.63, 3.8) is 0 Å². The Balaban J connectivity index is 2.25. The van der Waals surface area contributed by atoms with Crippen LogP contribution in [-0.2, 0) is 0 Å². The molecule has 0 radical (unpaired) electrons. The van der Waals surface area contributed by atoms with Crippen molar-refractivity contribution >= 4 is 41.1 Å². The van der Waals surface area contributed by atoms with Crippen molar-refractivity contribution in [2.75, 3.05) is 5.01 Å². The second-order valence-corrected chi connectivity index (χ2v) is 5.27. The average Bonchev–Trinajstić information content (AvgIpc) is 2.47. The molecule has 7 heteroatoms. The van der Waals surface area contributed by atoms with E-state index in [4.69, 9.17) is 28.9 Å². The van der Waals surface area contributed by atoms with E-state index in [1.165, 1.54) is 24.4 Å². The minimum absolute atomic E-state index is 0.307. The molecule has 1 unspecified atom stereocenters. The molecule has 0 spiro atoms. The summed E-state index contributed by atoms with van der Waals surface area (Å²) >= 11 is 11.8. The number of nitrogens with zero attached hydrogens (tertiary/aromatic N) is 2. The Morgan fingerprint density at radius 3 is 2.32 bits per heavy atom. The van der Waals surface area contributed by atoms with E-state index in [1.807, 2.05) is 6.07 Å². The van der Waals surface area contributed by atoms with Crippen LogP contribution in [0.25, 0.3) is 0 Å². The van der Waals surface area contributed by atoms with E-state index < -0.39 is 12.1 Å². The molecule has 2 aromatic carbocycles. The lowest BCUT2D eigenvalue weighted by molar-refractivity contribution is 0.250. The number of hydrogen-bond donors (Lipinski definition) is 2. The summed E-state index contributed by atoms with van der Waals surface area (Å²) in [7, 11) is 0. The summed E-state index contributed by atoms with van der Waals surface area (Å²) < 4.78 is 0. The number of carbonyl (C=O) groups excluding carboxylic acids is 1. The van der Waals surface area contributed by atoms with Gasteiger partial charge in [-0.15, -0.1) is 0 Å². The first-order valence-corrected chi connectivity index (χ1v) is 7.06. The third kappa shape index (κ3) is 4.21. The quantitative estimate of drug-likeness (QED) is 0.660. The zero-order chi connectivity index (χ0) is 16.1. The highest BCUT2D eigenvalue weighted by Gasteiger charge is 2.13. The maximum Gasteiger partial charge on any atom is 0.339 e. The van der Waals surface area contributed by atoms with Crippen LogP contribution >= 0.6 is 23.2 Å². The van der Waals surface area contributed by atoms with Crippen molar-refractivity contribution in [2.24, 2.45) is 10.8 Å². The number of primary amides is 1. The van der Waals surface area contributed by atoms with Crippen LogP contribution in [0, 0.1) is 0 Å². The monoisotopic (exact) mass is 337 g/mol. The molecule has 22 heavy (non-hydrogen) atoms. The highest BCUT2D eigenvalue weighted by Crippen LogP contribution is 2.25. The maximum absolute atomic E-state index is 11.5. The topological polar surface area (TPSA) is 78.9 Å². The molecule has 0 bridgehead atoms. The highest BCUT2D eigenvalue weighted by molar-refractivity contribution is 6.35. The average molecular weight is 338 g/mol. The highest BCUT2D eigenvalue weighted by atomic mass is 35.5. The predicted molar refractivity (Wildman–Crippen MR) is 88.4 cm³/mol. The number of aliphatic hydroxyl groups is 1. The first-order valence-electron chi connectivity index (χ1n) is 6.30. The largest absolute Gasteiger partial charge is 0.383 e. The summed E-state index contributed by atoms with van der Waals surface area (Å²) in [5.74, 6) is 0. The molecule has 0 heterocycles. The molecular weight excluding hydrogens is 325 g/mol. The van der Waals surface area contributed by atoms with Gasteiger partial charge in [0.2, 0.25) is 0 Å². The van der Waals surface area contributed by atoms with E-state index in [2.05, 4.69) is 5.10 Å². The number of amides is 2. The zero-order valence-corrected chi connectivity index (χ0v) is 12.9. The molecule has 1 atom stereocenters. The van der Waals surface area contributed by atoms with Gasteiger partial charge in [-0.25, -0.2) is 4.79 Å². The normalized spacial score (nSPS) is 12.3. The Labute approximate surface area is 137 Å². The lowest BCUT2D eigenvalue weighted by Crippen LogP contribution is -2.31. The molecule has 0 aliphatic rings. The van der Waals surface area contributed by atoms with E-state index in [0.717, 1.165) is 5.01 Å². The van der Waals surface area contributed by atoms with Crippen LogP contribution in [0.4, 0.5) is 10.5 Å². The molecule has 0 saturated carbocycles. The van der Waals surface area contributed by atoms with Gasteiger partial charge in [-0.2, -0.15) is 10.1 Å². The summed E-state index contributed by atoms with van der Waals surface area (Å²) in [4.78, 5) is 11.5. The van der Waals surface area contributed by atoms with Crippen LogP contribution in [-0.4, -0.2) is 17.4 Å². The van der Waals surface area contributed by atoms with Gasteiger partial charge in [0.1, 0.15) is 6.10 Å². The van der Waals surface area contributed by atoms with Gasteiger partial charge in [0, 0.05) is 10.0 Å². The Kier molecular flexibility index (Phi) is 5.38. The third-order valence-electron chi connectivity index (χ3n) is 2.77. The lowest BCUT2D eigenvalue weighted by Gasteiger charge is -2.16. The Morgan fingerprint density at radius 1 is 1.18 bits per heavy atom.